The van der Waals surface area contributed by atoms with Gasteiger partial charge in [-0.25, -0.2) is 0 Å². The fourth-order valence-corrected chi connectivity index (χ4v) is 6.37. The molecule has 1 N–H and O–H groups in total. The number of nitrogens with one attached hydrogen (secondary N) is 1. The number of halogens is 1. The van der Waals surface area contributed by atoms with Crippen molar-refractivity contribution >= 4 is 45.2 Å². The topological polar surface area (TPSA) is 27.2 Å². The van der Waals surface area contributed by atoms with Gasteiger partial charge in [-0.3, -0.25) is 4.57 Å². The van der Waals surface area contributed by atoms with E-state index in [1.807, 2.05) is 35.0 Å². The molecule has 1 fully saturated rings. The normalized spacial score (nSPS) is 16.1. The predicted molar refractivity (Wildman–Crippen MR) is 132 cm³/mol. The Hall–Kier alpha value is -1.99. The standard InChI is InChI=1S/C24H25ClN4S2/c1-27(17-10-4-2-5-11-17)16-28-24(30)29(18-12-6-3-7-13-18)23(26-28)22-21(25)19-14-8-9-15-20(19)31-22/h3,6-9,12-15,17H,2,4-5,10-11,16H2,1H3/p+1. The molecule has 0 amide bonds. The summed E-state index contributed by atoms with van der Waals surface area (Å²) in [5.41, 5.74) is 1.01. The van der Waals surface area contributed by atoms with Gasteiger partial charge in [0.05, 0.1) is 28.7 Å². The number of hydrogen-bond acceptors (Lipinski definition) is 3. The van der Waals surface area contributed by atoms with Crippen LogP contribution >= 0.6 is 35.2 Å². The molecule has 160 valence electrons. The number of nitrogens with zero attached hydrogens (tertiary/aromatic N) is 3. The zero-order valence-electron chi connectivity index (χ0n) is 17.6. The highest BCUT2D eigenvalue weighted by atomic mass is 35.5. The van der Waals surface area contributed by atoms with Crippen molar-refractivity contribution in [1.82, 2.24) is 14.3 Å². The first-order chi connectivity index (χ1) is 15.1. The van der Waals surface area contributed by atoms with Crippen LogP contribution in [0.25, 0.3) is 26.5 Å². The Balaban J connectivity index is 1.62. The van der Waals surface area contributed by atoms with Gasteiger partial charge in [-0.1, -0.05) is 54.4 Å². The summed E-state index contributed by atoms with van der Waals surface area (Å²) in [6.45, 7) is 0.763. The number of quaternary nitrogens is 1. The van der Waals surface area contributed by atoms with Crippen LogP contribution in [-0.2, 0) is 6.67 Å². The minimum Gasteiger partial charge on any atom is -0.316 e. The summed E-state index contributed by atoms with van der Waals surface area (Å²) in [5.74, 6) is 0.818. The quantitative estimate of drug-likeness (QED) is 0.377. The highest BCUT2D eigenvalue weighted by Gasteiger charge is 2.25. The first kappa shape index (κ1) is 20.9. The van der Waals surface area contributed by atoms with Gasteiger partial charge in [-0.2, -0.15) is 4.68 Å². The van der Waals surface area contributed by atoms with E-state index in [4.69, 9.17) is 28.9 Å². The molecule has 0 aliphatic heterocycles. The molecule has 31 heavy (non-hydrogen) atoms. The lowest BCUT2D eigenvalue weighted by Gasteiger charge is -2.27. The Bertz CT molecular complexity index is 1250. The van der Waals surface area contributed by atoms with Crippen molar-refractivity contribution in [1.29, 1.82) is 0 Å². The molecule has 0 saturated heterocycles. The third kappa shape index (κ3) is 3.98. The van der Waals surface area contributed by atoms with Crippen molar-refractivity contribution in [3.05, 3.63) is 64.4 Å². The number of thiophene rings is 1. The van der Waals surface area contributed by atoms with Gasteiger partial charge in [0.1, 0.15) is 0 Å². The summed E-state index contributed by atoms with van der Waals surface area (Å²) in [6, 6.07) is 19.1. The van der Waals surface area contributed by atoms with Crippen LogP contribution in [0.3, 0.4) is 0 Å². The van der Waals surface area contributed by atoms with Gasteiger partial charge < -0.3 is 4.90 Å². The summed E-state index contributed by atoms with van der Waals surface area (Å²) in [7, 11) is 2.27. The lowest BCUT2D eigenvalue weighted by atomic mass is 9.95. The lowest BCUT2D eigenvalue weighted by Crippen LogP contribution is -3.12. The zero-order valence-corrected chi connectivity index (χ0v) is 19.9. The Morgan fingerprint density at radius 3 is 2.52 bits per heavy atom. The van der Waals surface area contributed by atoms with Crippen LogP contribution < -0.4 is 4.90 Å². The molecule has 0 radical (unpaired) electrons. The molecule has 1 aliphatic rings. The van der Waals surface area contributed by atoms with Crippen molar-refractivity contribution in [2.45, 2.75) is 44.8 Å². The van der Waals surface area contributed by atoms with E-state index in [9.17, 15) is 0 Å². The maximum absolute atomic E-state index is 6.85. The molecule has 0 bridgehead atoms. The molecule has 4 aromatic rings. The van der Waals surface area contributed by atoms with Gasteiger partial charge in [0.15, 0.2) is 12.5 Å². The minimum atomic E-state index is 0.675. The number of fused-ring (bicyclic) bond motifs is 1. The third-order valence-corrected chi connectivity index (χ3v) is 8.36. The minimum absolute atomic E-state index is 0.675. The van der Waals surface area contributed by atoms with E-state index in [-0.39, 0.29) is 0 Å². The molecule has 5 rings (SSSR count). The van der Waals surface area contributed by atoms with Crippen molar-refractivity contribution < 1.29 is 4.90 Å². The van der Waals surface area contributed by atoms with Crippen LogP contribution in [0, 0.1) is 4.77 Å². The van der Waals surface area contributed by atoms with Gasteiger partial charge in [0.2, 0.25) is 4.77 Å². The largest absolute Gasteiger partial charge is 0.316 e. The molecule has 2 aromatic carbocycles. The van der Waals surface area contributed by atoms with E-state index in [0.717, 1.165) is 38.2 Å². The number of benzene rings is 2. The Morgan fingerprint density at radius 2 is 1.77 bits per heavy atom. The Morgan fingerprint density at radius 1 is 1.06 bits per heavy atom. The fraction of sp³-hybridized carbons (Fsp3) is 0.333. The predicted octanol–water partition coefficient (Wildman–Crippen LogP) is 5.74. The number of rotatable bonds is 5. The van der Waals surface area contributed by atoms with Crippen molar-refractivity contribution in [2.75, 3.05) is 7.05 Å². The number of para-hydroxylation sites is 1. The molecular weight excluding hydrogens is 444 g/mol. The van der Waals surface area contributed by atoms with Crippen LogP contribution in [0.15, 0.2) is 54.6 Å². The van der Waals surface area contributed by atoms with Crippen LogP contribution in [-0.4, -0.2) is 27.4 Å². The second-order valence-electron chi connectivity index (χ2n) is 8.36. The maximum Gasteiger partial charge on any atom is 0.207 e. The molecule has 1 unspecified atom stereocenters. The molecule has 1 aliphatic carbocycles. The van der Waals surface area contributed by atoms with Crippen LogP contribution in [0.4, 0.5) is 0 Å². The average Bonchev–Trinajstić information content (AvgIpc) is 3.32. The summed E-state index contributed by atoms with van der Waals surface area (Å²) < 4.78 is 5.93. The molecule has 0 spiro atoms. The van der Waals surface area contributed by atoms with E-state index in [2.05, 4.69) is 35.9 Å². The van der Waals surface area contributed by atoms with E-state index in [1.54, 1.807) is 11.3 Å². The summed E-state index contributed by atoms with van der Waals surface area (Å²) in [4.78, 5) is 2.44. The molecule has 2 heterocycles. The van der Waals surface area contributed by atoms with Crippen LogP contribution in [0.2, 0.25) is 5.02 Å². The monoisotopic (exact) mass is 469 g/mol. The van der Waals surface area contributed by atoms with Gasteiger partial charge >= 0.3 is 0 Å². The van der Waals surface area contributed by atoms with Crippen LogP contribution in [0.1, 0.15) is 32.1 Å². The van der Waals surface area contributed by atoms with Gasteiger partial charge in [0.25, 0.3) is 0 Å². The Labute approximate surface area is 196 Å². The first-order valence-electron chi connectivity index (χ1n) is 10.9. The first-order valence-corrected chi connectivity index (χ1v) is 12.5. The maximum atomic E-state index is 6.85. The highest BCUT2D eigenvalue weighted by Crippen LogP contribution is 2.41. The second-order valence-corrected chi connectivity index (χ2v) is 10.2. The van der Waals surface area contributed by atoms with Crippen LogP contribution in [0.5, 0.6) is 0 Å². The second kappa shape index (κ2) is 8.87. The smallest absolute Gasteiger partial charge is 0.207 e. The van der Waals surface area contributed by atoms with Crippen molar-refractivity contribution in [3.63, 3.8) is 0 Å². The SMILES string of the molecule is C[NH+](Cn1nc(-c2sc3ccccc3c2Cl)n(-c2ccccc2)c1=S)C1CCCCC1. The number of aromatic nitrogens is 3. The fourth-order valence-electron chi connectivity index (χ4n) is 4.59. The van der Waals surface area contributed by atoms with Gasteiger partial charge in [-0.05, 0) is 56.1 Å². The summed E-state index contributed by atoms with van der Waals surface area (Å²) >= 11 is 14.5. The summed E-state index contributed by atoms with van der Waals surface area (Å²) in [5, 5.41) is 6.84. The van der Waals surface area contributed by atoms with Crippen molar-refractivity contribution in [3.8, 4) is 16.4 Å². The van der Waals surface area contributed by atoms with Gasteiger partial charge in [-0.15, -0.1) is 16.4 Å². The molecular formula is C24H26ClN4S2+. The van der Waals surface area contributed by atoms with E-state index in [0.29, 0.717) is 10.8 Å². The van der Waals surface area contributed by atoms with E-state index >= 15 is 0 Å². The average molecular weight is 470 g/mol. The highest BCUT2D eigenvalue weighted by molar-refractivity contribution is 7.71. The molecule has 2 aromatic heterocycles. The third-order valence-electron chi connectivity index (χ3n) is 6.29. The zero-order chi connectivity index (χ0) is 21.4. The van der Waals surface area contributed by atoms with E-state index < -0.39 is 0 Å². The molecule has 1 saturated carbocycles. The molecule has 1 atom stereocenters. The Kier molecular flexibility index (Phi) is 5.97. The van der Waals surface area contributed by atoms with Crippen molar-refractivity contribution in [2.24, 2.45) is 0 Å². The summed E-state index contributed by atoms with van der Waals surface area (Å²) in [6.07, 6.45) is 6.59. The van der Waals surface area contributed by atoms with Gasteiger partial charge in [0, 0.05) is 10.1 Å². The number of hydrogen-bond donors (Lipinski definition) is 1. The molecule has 4 nitrogen and oxygen atoms in total. The molecule has 7 heteroatoms. The van der Waals surface area contributed by atoms with E-state index in [1.165, 1.54) is 37.0 Å². The lowest BCUT2D eigenvalue weighted by molar-refractivity contribution is -0.930.